The van der Waals surface area contributed by atoms with Crippen LogP contribution in [0.1, 0.15) is 16.1 Å². The fourth-order valence-electron chi connectivity index (χ4n) is 2.44. The summed E-state index contributed by atoms with van der Waals surface area (Å²) in [5.74, 6) is 0.00720. The lowest BCUT2D eigenvalue weighted by molar-refractivity contribution is 0.0589. The number of rotatable bonds is 4. The number of hydrogen-bond acceptors (Lipinski definition) is 5. The van der Waals surface area contributed by atoms with Gasteiger partial charge in [0.1, 0.15) is 12.4 Å². The average molecular weight is 387 g/mol. The van der Waals surface area contributed by atoms with Gasteiger partial charge in [-0.15, -0.1) is 0 Å². The highest BCUT2D eigenvalue weighted by Gasteiger charge is 2.21. The number of methoxy groups -OCH3 is 1. The molecular formula is C18H15BrN2O3. The maximum atomic E-state index is 12.1. The molecule has 5 nitrogen and oxygen atoms in total. The van der Waals surface area contributed by atoms with E-state index in [0.29, 0.717) is 23.1 Å². The molecule has 0 radical (unpaired) electrons. The van der Waals surface area contributed by atoms with Gasteiger partial charge in [0.05, 0.1) is 7.11 Å². The molecule has 0 saturated heterocycles. The van der Waals surface area contributed by atoms with E-state index < -0.39 is 5.97 Å². The highest BCUT2D eigenvalue weighted by atomic mass is 79.9. The molecule has 0 aliphatic heterocycles. The Morgan fingerprint density at radius 3 is 2.62 bits per heavy atom. The molecule has 0 unspecified atom stereocenters. The van der Waals surface area contributed by atoms with Crippen molar-refractivity contribution in [3.63, 3.8) is 0 Å². The van der Waals surface area contributed by atoms with Crippen LogP contribution in [-0.2, 0) is 11.3 Å². The van der Waals surface area contributed by atoms with E-state index in [2.05, 4.69) is 20.9 Å². The van der Waals surface area contributed by atoms with Crippen molar-refractivity contribution in [2.24, 2.45) is 0 Å². The first-order valence-electron chi connectivity index (χ1n) is 7.24. The van der Waals surface area contributed by atoms with Crippen LogP contribution in [0.15, 0.2) is 53.0 Å². The number of fused-ring (bicyclic) bond motifs is 1. The van der Waals surface area contributed by atoms with Crippen molar-refractivity contribution in [1.29, 1.82) is 0 Å². The van der Waals surface area contributed by atoms with Crippen molar-refractivity contribution in [2.45, 2.75) is 6.61 Å². The Kier molecular flexibility index (Phi) is 4.66. The number of esters is 1. The number of nitrogens with zero attached hydrogens (tertiary/aromatic N) is 1. The summed E-state index contributed by atoms with van der Waals surface area (Å²) >= 11 is 3.46. The molecule has 0 fully saturated rings. The van der Waals surface area contributed by atoms with Crippen LogP contribution in [0.3, 0.4) is 0 Å². The van der Waals surface area contributed by atoms with Crippen LogP contribution >= 0.6 is 15.9 Å². The number of ether oxygens (including phenoxy) is 2. The van der Waals surface area contributed by atoms with Crippen molar-refractivity contribution in [1.82, 2.24) is 4.98 Å². The van der Waals surface area contributed by atoms with Crippen LogP contribution in [0.25, 0.3) is 10.8 Å². The molecule has 2 aromatic carbocycles. The van der Waals surface area contributed by atoms with Gasteiger partial charge >= 0.3 is 5.97 Å². The van der Waals surface area contributed by atoms with Crippen molar-refractivity contribution in [2.75, 3.05) is 12.8 Å². The Morgan fingerprint density at radius 2 is 1.92 bits per heavy atom. The van der Waals surface area contributed by atoms with Gasteiger partial charge in [-0.25, -0.2) is 9.78 Å². The predicted octanol–water partition coefficient (Wildman–Crippen LogP) is 3.95. The summed E-state index contributed by atoms with van der Waals surface area (Å²) in [6, 6.07) is 15.2. The van der Waals surface area contributed by atoms with E-state index in [4.69, 9.17) is 15.2 Å². The number of hydrogen-bond donors (Lipinski definition) is 1. The number of pyridine rings is 1. The normalized spacial score (nSPS) is 10.6. The van der Waals surface area contributed by atoms with Crippen molar-refractivity contribution < 1.29 is 14.3 Å². The number of benzene rings is 2. The number of nitrogen functional groups attached to an aromatic ring is 1. The molecule has 0 saturated carbocycles. The second kappa shape index (κ2) is 6.88. The molecule has 1 aromatic heterocycles. The van der Waals surface area contributed by atoms with E-state index in [1.165, 1.54) is 7.11 Å². The molecule has 0 spiro atoms. The monoisotopic (exact) mass is 386 g/mol. The topological polar surface area (TPSA) is 74.4 Å². The highest BCUT2D eigenvalue weighted by molar-refractivity contribution is 9.10. The van der Waals surface area contributed by atoms with Crippen LogP contribution in [-0.4, -0.2) is 18.1 Å². The molecule has 0 amide bonds. The summed E-state index contributed by atoms with van der Waals surface area (Å²) in [7, 11) is 1.30. The first-order valence-corrected chi connectivity index (χ1v) is 8.04. The molecule has 0 bridgehead atoms. The van der Waals surface area contributed by atoms with Crippen molar-refractivity contribution in [3.05, 3.63) is 64.3 Å². The zero-order valence-electron chi connectivity index (χ0n) is 13.0. The van der Waals surface area contributed by atoms with Gasteiger partial charge in [-0.05, 0) is 11.6 Å². The van der Waals surface area contributed by atoms with E-state index in [1.807, 2.05) is 48.5 Å². The van der Waals surface area contributed by atoms with Crippen molar-refractivity contribution >= 4 is 38.5 Å². The third-order valence-corrected chi connectivity index (χ3v) is 4.23. The minimum Gasteiger partial charge on any atom is -0.486 e. The van der Waals surface area contributed by atoms with Gasteiger partial charge in [0.2, 0.25) is 0 Å². The van der Waals surface area contributed by atoms with Crippen LogP contribution in [0.4, 0.5) is 5.82 Å². The maximum Gasteiger partial charge on any atom is 0.360 e. The lowest BCUT2D eigenvalue weighted by atomic mass is 10.1. The fraction of sp³-hybridized carbons (Fsp3) is 0.111. The second-order valence-electron chi connectivity index (χ2n) is 5.10. The number of aromatic nitrogens is 1. The van der Waals surface area contributed by atoms with E-state index in [1.54, 1.807) is 0 Å². The maximum absolute atomic E-state index is 12.1. The van der Waals surface area contributed by atoms with Gasteiger partial charge in [-0.2, -0.15) is 0 Å². The fourth-order valence-corrected chi connectivity index (χ4v) is 3.01. The molecule has 2 N–H and O–H groups in total. The van der Waals surface area contributed by atoms with E-state index in [0.717, 1.165) is 10.0 Å². The third kappa shape index (κ3) is 3.05. The minimum atomic E-state index is -0.591. The Balaban J connectivity index is 2.13. The molecule has 3 rings (SSSR count). The Morgan fingerprint density at radius 1 is 1.17 bits per heavy atom. The SMILES string of the molecule is COC(=O)c1nc(N)c2c(Br)cccc2c1OCc1ccccc1. The van der Waals surface area contributed by atoms with Gasteiger partial charge in [-0.3, -0.25) is 0 Å². The number of carbonyl (C=O) groups excluding carboxylic acids is 1. The summed E-state index contributed by atoms with van der Waals surface area (Å²) < 4.78 is 11.5. The average Bonchev–Trinajstić information content (AvgIpc) is 2.60. The highest BCUT2D eigenvalue weighted by Crippen LogP contribution is 2.36. The zero-order valence-corrected chi connectivity index (χ0v) is 14.5. The molecule has 122 valence electrons. The van der Waals surface area contributed by atoms with Crippen LogP contribution in [0.2, 0.25) is 0 Å². The Bertz CT molecular complexity index is 898. The number of halogens is 1. The predicted molar refractivity (Wildman–Crippen MR) is 96.0 cm³/mol. The van der Waals surface area contributed by atoms with Gasteiger partial charge in [0.15, 0.2) is 11.4 Å². The molecule has 0 aliphatic carbocycles. The van der Waals surface area contributed by atoms with Crippen LogP contribution in [0.5, 0.6) is 5.75 Å². The summed E-state index contributed by atoms with van der Waals surface area (Å²) in [5.41, 5.74) is 7.07. The van der Waals surface area contributed by atoms with Gasteiger partial charge in [0.25, 0.3) is 0 Å². The smallest absolute Gasteiger partial charge is 0.360 e. The molecular weight excluding hydrogens is 372 g/mol. The number of nitrogens with two attached hydrogens (primary N) is 1. The Hall–Kier alpha value is -2.60. The van der Waals surface area contributed by atoms with E-state index in [9.17, 15) is 4.79 Å². The summed E-state index contributed by atoms with van der Waals surface area (Å²) in [6.45, 7) is 0.304. The number of anilines is 1. The summed E-state index contributed by atoms with van der Waals surface area (Å²) in [6.07, 6.45) is 0. The lowest BCUT2D eigenvalue weighted by Gasteiger charge is -2.15. The summed E-state index contributed by atoms with van der Waals surface area (Å²) in [5, 5.41) is 1.40. The van der Waals surface area contributed by atoms with E-state index >= 15 is 0 Å². The second-order valence-corrected chi connectivity index (χ2v) is 5.96. The molecule has 0 atom stereocenters. The zero-order chi connectivity index (χ0) is 17.1. The Labute approximate surface area is 147 Å². The number of carbonyl (C=O) groups is 1. The molecule has 6 heteroatoms. The molecule has 0 aliphatic rings. The van der Waals surface area contributed by atoms with Crippen LogP contribution in [0, 0.1) is 0 Å². The van der Waals surface area contributed by atoms with E-state index in [-0.39, 0.29) is 11.5 Å². The molecule has 3 aromatic rings. The third-order valence-electron chi connectivity index (χ3n) is 3.57. The first-order chi connectivity index (χ1) is 11.6. The molecule has 24 heavy (non-hydrogen) atoms. The largest absolute Gasteiger partial charge is 0.486 e. The van der Waals surface area contributed by atoms with Gasteiger partial charge < -0.3 is 15.2 Å². The minimum absolute atomic E-state index is 0.0662. The molecule has 1 heterocycles. The summed E-state index contributed by atoms with van der Waals surface area (Å²) in [4.78, 5) is 16.3. The van der Waals surface area contributed by atoms with Gasteiger partial charge in [-0.1, -0.05) is 58.4 Å². The van der Waals surface area contributed by atoms with Gasteiger partial charge in [0, 0.05) is 15.2 Å². The van der Waals surface area contributed by atoms with Crippen LogP contribution < -0.4 is 10.5 Å². The quantitative estimate of drug-likeness (QED) is 0.687. The first kappa shape index (κ1) is 16.3. The standard InChI is InChI=1S/C18H15BrN2O3/c1-23-18(22)15-16(24-10-11-6-3-2-4-7-11)12-8-5-9-13(19)14(12)17(20)21-15/h2-9H,10H2,1H3,(H2,20,21). The van der Waals surface area contributed by atoms with Crippen molar-refractivity contribution in [3.8, 4) is 5.75 Å². The lowest BCUT2D eigenvalue weighted by Crippen LogP contribution is -2.11.